The van der Waals surface area contributed by atoms with Gasteiger partial charge in [0.15, 0.2) is 11.6 Å². The molecule has 1 aromatic carbocycles. The summed E-state index contributed by atoms with van der Waals surface area (Å²) in [4.78, 5) is 37.0. The first-order valence-electron chi connectivity index (χ1n) is 14.9. The lowest BCUT2D eigenvalue weighted by molar-refractivity contribution is -0.449. The fraction of sp³-hybridized carbons (Fsp3) is 0.710. The minimum absolute atomic E-state index is 0.0115. The molecule has 3 bridgehead atoms. The standard InChI is InChI=1S/C31H45NO10/c1-18-14-29(4,5)31-15-26(40-27(36)13-22(17-33)39-28(37)16-30(18,38)42-31)19(2)25(41-31)9-7-6-8-21-10-11-23(24(35)12-21)32-20(3)34/h10-12,18-19,22,25-26,33,35,38H,6-9,13-17H2,1-5H3,(H,32,34)/t18-,19-,22-,25-,26+,30+,31+/m1/s1. The number of fused-ring (bicyclic) bond motifs is 2. The van der Waals surface area contributed by atoms with Crippen molar-refractivity contribution in [2.75, 3.05) is 11.9 Å². The number of phenols is 1. The largest absolute Gasteiger partial charge is 0.506 e. The van der Waals surface area contributed by atoms with Crippen LogP contribution in [0.15, 0.2) is 18.2 Å². The predicted octanol–water partition coefficient (Wildman–Crippen LogP) is 3.57. The maximum Gasteiger partial charge on any atom is 0.311 e. The van der Waals surface area contributed by atoms with Gasteiger partial charge in [0.2, 0.25) is 5.91 Å². The quantitative estimate of drug-likeness (QED) is 0.210. The molecule has 4 N–H and O–H groups in total. The predicted molar refractivity (Wildman–Crippen MR) is 151 cm³/mol. The molecular weight excluding hydrogens is 546 g/mol. The molecule has 11 heteroatoms. The molecule has 3 aliphatic heterocycles. The molecule has 234 valence electrons. The first-order valence-corrected chi connectivity index (χ1v) is 14.9. The van der Waals surface area contributed by atoms with Crippen molar-refractivity contribution in [1.29, 1.82) is 0 Å². The average Bonchev–Trinajstić information content (AvgIpc) is 2.88. The molecule has 0 aromatic heterocycles. The number of benzene rings is 1. The van der Waals surface area contributed by atoms with Crippen LogP contribution in [0.3, 0.4) is 0 Å². The van der Waals surface area contributed by atoms with Gasteiger partial charge in [-0.3, -0.25) is 14.4 Å². The van der Waals surface area contributed by atoms with E-state index in [1.54, 1.807) is 12.1 Å². The lowest BCUT2D eigenvalue weighted by atomic mass is 9.66. The third-order valence-corrected chi connectivity index (χ3v) is 9.10. The number of aliphatic hydroxyl groups excluding tert-OH is 1. The van der Waals surface area contributed by atoms with Crippen molar-refractivity contribution < 1.29 is 48.7 Å². The second-order valence-electron chi connectivity index (χ2n) is 12.9. The average molecular weight is 592 g/mol. The van der Waals surface area contributed by atoms with Gasteiger partial charge in [0, 0.05) is 30.6 Å². The first-order chi connectivity index (χ1) is 19.7. The van der Waals surface area contributed by atoms with Crippen LogP contribution in [0.5, 0.6) is 5.75 Å². The molecule has 3 saturated heterocycles. The van der Waals surface area contributed by atoms with Crippen LogP contribution in [0, 0.1) is 17.3 Å². The van der Waals surface area contributed by atoms with Gasteiger partial charge in [-0.15, -0.1) is 0 Å². The molecule has 0 unspecified atom stereocenters. The zero-order chi connectivity index (χ0) is 30.9. The highest BCUT2D eigenvalue weighted by Crippen LogP contribution is 2.56. The minimum Gasteiger partial charge on any atom is -0.506 e. The van der Waals surface area contributed by atoms with E-state index in [0.717, 1.165) is 18.4 Å². The molecule has 11 nitrogen and oxygen atoms in total. The Morgan fingerprint density at radius 1 is 1.10 bits per heavy atom. The molecule has 0 saturated carbocycles. The Hall–Kier alpha value is -2.73. The Labute approximate surface area is 246 Å². The minimum atomic E-state index is -1.86. The second kappa shape index (κ2) is 12.5. The van der Waals surface area contributed by atoms with E-state index in [0.29, 0.717) is 24.9 Å². The topological polar surface area (TPSA) is 161 Å². The van der Waals surface area contributed by atoms with Gasteiger partial charge >= 0.3 is 11.9 Å². The van der Waals surface area contributed by atoms with Crippen LogP contribution < -0.4 is 5.32 Å². The first kappa shape index (κ1) is 32.2. The number of anilines is 1. The smallest absolute Gasteiger partial charge is 0.311 e. The number of esters is 2. The molecular formula is C31H45NO10. The van der Waals surface area contributed by atoms with Crippen LogP contribution in [0.4, 0.5) is 5.69 Å². The number of cyclic esters (lactones) is 1. The highest BCUT2D eigenvalue weighted by Gasteiger charge is 2.64. The molecule has 42 heavy (non-hydrogen) atoms. The number of nitrogens with one attached hydrogen (secondary N) is 1. The summed E-state index contributed by atoms with van der Waals surface area (Å²) in [5.74, 6) is -5.41. The van der Waals surface area contributed by atoms with Crippen LogP contribution in [0.1, 0.15) is 85.1 Å². The van der Waals surface area contributed by atoms with Crippen LogP contribution in [-0.2, 0) is 39.8 Å². The number of aliphatic hydroxyl groups is 2. The summed E-state index contributed by atoms with van der Waals surface area (Å²) in [6, 6.07) is 5.19. The Balaban J connectivity index is 1.53. The molecule has 3 fully saturated rings. The fourth-order valence-electron chi connectivity index (χ4n) is 6.56. The number of hydrogen-bond donors (Lipinski definition) is 4. The summed E-state index contributed by atoms with van der Waals surface area (Å²) in [6.45, 7) is 8.61. The van der Waals surface area contributed by atoms with Gasteiger partial charge in [-0.05, 0) is 43.4 Å². The number of carbonyl (C=O) groups excluding carboxylic acids is 3. The van der Waals surface area contributed by atoms with Gasteiger partial charge in [0.05, 0.1) is 31.2 Å². The third kappa shape index (κ3) is 6.90. The molecule has 4 rings (SSSR count). The van der Waals surface area contributed by atoms with E-state index >= 15 is 0 Å². The van der Waals surface area contributed by atoms with E-state index in [4.69, 9.17) is 18.9 Å². The second-order valence-corrected chi connectivity index (χ2v) is 12.9. The zero-order valence-corrected chi connectivity index (χ0v) is 25.2. The Morgan fingerprint density at radius 2 is 1.83 bits per heavy atom. The van der Waals surface area contributed by atoms with Crippen LogP contribution in [0.25, 0.3) is 0 Å². The highest BCUT2D eigenvalue weighted by molar-refractivity contribution is 5.90. The van der Waals surface area contributed by atoms with Crippen molar-refractivity contribution in [1.82, 2.24) is 0 Å². The van der Waals surface area contributed by atoms with Crippen molar-refractivity contribution in [3.05, 3.63) is 23.8 Å². The number of phenolic OH excluding ortho intramolecular Hbond substituents is 1. The third-order valence-electron chi connectivity index (χ3n) is 9.10. The fourth-order valence-corrected chi connectivity index (χ4v) is 6.56. The number of rotatable bonds is 7. The van der Waals surface area contributed by atoms with Gasteiger partial charge in [0.1, 0.15) is 18.0 Å². The molecule has 1 amide bonds. The molecule has 0 radical (unpaired) electrons. The Kier molecular flexibility index (Phi) is 9.56. The maximum atomic E-state index is 12.9. The van der Waals surface area contributed by atoms with Crippen molar-refractivity contribution >= 4 is 23.5 Å². The molecule has 1 spiro atoms. The summed E-state index contributed by atoms with van der Waals surface area (Å²) in [5.41, 5.74) is 0.707. The summed E-state index contributed by atoms with van der Waals surface area (Å²) in [6.07, 6.45) is 0.772. The monoisotopic (exact) mass is 591 g/mol. The van der Waals surface area contributed by atoms with E-state index < -0.39 is 60.1 Å². The maximum absolute atomic E-state index is 12.9. The van der Waals surface area contributed by atoms with E-state index in [1.165, 1.54) is 6.92 Å². The Bertz CT molecular complexity index is 1170. The molecule has 0 aliphatic carbocycles. The normalized spacial score (nSPS) is 34.8. The lowest BCUT2D eigenvalue weighted by Gasteiger charge is -2.60. The van der Waals surface area contributed by atoms with E-state index in [-0.39, 0.29) is 36.5 Å². The van der Waals surface area contributed by atoms with Gasteiger partial charge in [-0.1, -0.05) is 40.2 Å². The number of amides is 1. The molecule has 3 aliphatic rings. The van der Waals surface area contributed by atoms with Crippen LogP contribution in [0.2, 0.25) is 0 Å². The summed E-state index contributed by atoms with van der Waals surface area (Å²) in [5, 5.41) is 34.2. The number of aryl methyl sites for hydroxylation is 1. The highest BCUT2D eigenvalue weighted by atomic mass is 16.8. The number of ether oxygens (including phenoxy) is 4. The van der Waals surface area contributed by atoms with Crippen LogP contribution in [-0.4, -0.2) is 69.7 Å². The van der Waals surface area contributed by atoms with Crippen molar-refractivity contribution in [2.24, 2.45) is 17.3 Å². The van der Waals surface area contributed by atoms with Gasteiger partial charge < -0.3 is 39.6 Å². The number of unbranched alkanes of at least 4 members (excludes halogenated alkanes) is 1. The lowest BCUT2D eigenvalue weighted by Crippen LogP contribution is -2.68. The van der Waals surface area contributed by atoms with E-state index in [1.807, 2.05) is 33.8 Å². The summed E-state index contributed by atoms with van der Waals surface area (Å²) in [7, 11) is 0. The Morgan fingerprint density at radius 3 is 2.50 bits per heavy atom. The zero-order valence-electron chi connectivity index (χ0n) is 25.2. The molecule has 1 aromatic rings. The van der Waals surface area contributed by atoms with E-state index in [9.17, 15) is 29.7 Å². The van der Waals surface area contributed by atoms with Gasteiger partial charge in [-0.2, -0.15) is 0 Å². The molecule has 7 atom stereocenters. The van der Waals surface area contributed by atoms with Crippen molar-refractivity contribution in [2.45, 2.75) is 116 Å². The number of carbonyl (C=O) groups is 3. The van der Waals surface area contributed by atoms with Gasteiger partial charge in [-0.25, -0.2) is 0 Å². The van der Waals surface area contributed by atoms with E-state index in [2.05, 4.69) is 5.32 Å². The molecule has 3 heterocycles. The summed E-state index contributed by atoms with van der Waals surface area (Å²) >= 11 is 0. The van der Waals surface area contributed by atoms with Gasteiger partial charge in [0.25, 0.3) is 0 Å². The number of hydrogen-bond acceptors (Lipinski definition) is 10. The number of aromatic hydroxyl groups is 1. The van der Waals surface area contributed by atoms with Crippen molar-refractivity contribution in [3.8, 4) is 5.75 Å². The SMILES string of the molecule is CC(=O)Nc1ccc(CCCC[C@H]2O[C@@]34C[C@H](OC(=O)C[C@H](CO)OC(=O)C[C@](O)(O3)[C@H](C)CC4(C)C)[C@@H]2C)cc1O. The summed E-state index contributed by atoms with van der Waals surface area (Å²) < 4.78 is 24.4. The van der Waals surface area contributed by atoms with Crippen molar-refractivity contribution in [3.63, 3.8) is 0 Å². The van der Waals surface area contributed by atoms with Crippen LogP contribution >= 0.6 is 0 Å².